The number of nitrogens with two attached hydrogens (primary N) is 3. The minimum atomic E-state index is -0.481. The van der Waals surface area contributed by atoms with Crippen LogP contribution in [-0.2, 0) is 6.42 Å². The first-order valence-corrected chi connectivity index (χ1v) is 5.07. The fourth-order valence-electron chi connectivity index (χ4n) is 1.59. The molecule has 0 bridgehead atoms. The van der Waals surface area contributed by atoms with E-state index in [0.29, 0.717) is 24.2 Å². The summed E-state index contributed by atoms with van der Waals surface area (Å²) in [5, 5.41) is 9.35. The lowest BCUT2D eigenvalue weighted by Gasteiger charge is -2.12. The van der Waals surface area contributed by atoms with Crippen molar-refractivity contribution in [3.63, 3.8) is 0 Å². The quantitative estimate of drug-likeness (QED) is 0.540. The summed E-state index contributed by atoms with van der Waals surface area (Å²) in [6.07, 6.45) is 0.773. The van der Waals surface area contributed by atoms with Gasteiger partial charge in [0.2, 0.25) is 0 Å². The van der Waals surface area contributed by atoms with Crippen molar-refractivity contribution in [2.24, 2.45) is 5.73 Å². The molecule has 0 saturated carbocycles. The van der Waals surface area contributed by atoms with Gasteiger partial charge < -0.3 is 22.3 Å². The van der Waals surface area contributed by atoms with Crippen molar-refractivity contribution in [3.05, 3.63) is 23.3 Å². The van der Waals surface area contributed by atoms with Crippen LogP contribution in [0.1, 0.15) is 17.5 Å². The van der Waals surface area contributed by atoms with Gasteiger partial charge in [-0.2, -0.15) is 0 Å². The van der Waals surface area contributed by atoms with Crippen molar-refractivity contribution < 1.29 is 5.11 Å². The van der Waals surface area contributed by atoms with E-state index in [1.165, 1.54) is 0 Å². The van der Waals surface area contributed by atoms with E-state index in [-0.39, 0.29) is 6.54 Å². The molecule has 15 heavy (non-hydrogen) atoms. The van der Waals surface area contributed by atoms with E-state index in [2.05, 4.69) is 0 Å². The van der Waals surface area contributed by atoms with Gasteiger partial charge in [-0.05, 0) is 43.0 Å². The monoisotopic (exact) mass is 209 g/mol. The number of anilines is 2. The Morgan fingerprint density at radius 1 is 1.27 bits per heavy atom. The molecule has 1 atom stereocenters. The van der Waals surface area contributed by atoms with Crippen LogP contribution in [0.15, 0.2) is 12.1 Å². The molecule has 0 amide bonds. The summed E-state index contributed by atoms with van der Waals surface area (Å²) >= 11 is 0. The Bertz CT molecular complexity index is 316. The zero-order chi connectivity index (χ0) is 11.4. The van der Waals surface area contributed by atoms with Crippen molar-refractivity contribution in [2.75, 3.05) is 18.0 Å². The molecule has 1 aromatic rings. The van der Waals surface area contributed by atoms with Gasteiger partial charge in [-0.3, -0.25) is 0 Å². The molecule has 0 aliphatic heterocycles. The number of nitrogen functional groups attached to an aromatic ring is 2. The molecule has 0 aromatic heterocycles. The summed E-state index contributed by atoms with van der Waals surface area (Å²) in [4.78, 5) is 0. The number of aryl methyl sites for hydroxylation is 1. The van der Waals surface area contributed by atoms with Gasteiger partial charge in [0.1, 0.15) is 0 Å². The first-order valence-electron chi connectivity index (χ1n) is 5.07. The van der Waals surface area contributed by atoms with E-state index in [9.17, 15) is 5.11 Å². The molecular formula is C11H19N3O. The summed E-state index contributed by atoms with van der Waals surface area (Å²) in [5.74, 6) is 0. The molecule has 1 rings (SSSR count). The molecule has 1 unspecified atom stereocenters. The van der Waals surface area contributed by atoms with Crippen LogP contribution in [0.25, 0.3) is 0 Å². The Hall–Kier alpha value is -1.26. The molecule has 0 aliphatic rings. The number of aliphatic hydroxyl groups excluding tert-OH is 1. The van der Waals surface area contributed by atoms with Gasteiger partial charge >= 0.3 is 0 Å². The summed E-state index contributed by atoms with van der Waals surface area (Å²) < 4.78 is 0. The molecule has 0 aliphatic carbocycles. The van der Waals surface area contributed by atoms with Crippen LogP contribution < -0.4 is 17.2 Å². The zero-order valence-electron chi connectivity index (χ0n) is 9.03. The number of hydrogen-bond acceptors (Lipinski definition) is 4. The number of hydrogen-bond donors (Lipinski definition) is 4. The highest BCUT2D eigenvalue weighted by atomic mass is 16.3. The van der Waals surface area contributed by atoms with E-state index < -0.39 is 6.10 Å². The highest BCUT2D eigenvalue weighted by Crippen LogP contribution is 2.23. The van der Waals surface area contributed by atoms with Gasteiger partial charge in [0.15, 0.2) is 0 Å². The third-order valence-corrected chi connectivity index (χ3v) is 2.46. The van der Waals surface area contributed by atoms with Gasteiger partial charge in [0.25, 0.3) is 0 Å². The van der Waals surface area contributed by atoms with Crippen molar-refractivity contribution in [1.82, 2.24) is 0 Å². The van der Waals surface area contributed by atoms with E-state index in [0.717, 1.165) is 11.1 Å². The van der Waals surface area contributed by atoms with Crippen molar-refractivity contribution >= 4 is 11.4 Å². The SMILES string of the molecule is Cc1cc(N)c(CCC(O)CN)c(N)c1. The predicted molar refractivity (Wildman–Crippen MR) is 63.4 cm³/mol. The molecule has 0 heterocycles. The lowest BCUT2D eigenvalue weighted by Crippen LogP contribution is -2.20. The third-order valence-electron chi connectivity index (χ3n) is 2.46. The second-order valence-corrected chi connectivity index (χ2v) is 3.85. The van der Waals surface area contributed by atoms with Crippen LogP contribution in [0.3, 0.4) is 0 Å². The minimum absolute atomic E-state index is 0.270. The summed E-state index contributed by atoms with van der Waals surface area (Å²) in [7, 11) is 0. The first-order chi connectivity index (χ1) is 7.04. The molecule has 0 fully saturated rings. The topological polar surface area (TPSA) is 98.3 Å². The van der Waals surface area contributed by atoms with Crippen LogP contribution >= 0.6 is 0 Å². The van der Waals surface area contributed by atoms with Crippen molar-refractivity contribution in [2.45, 2.75) is 25.9 Å². The van der Waals surface area contributed by atoms with Crippen LogP contribution in [0, 0.1) is 6.92 Å². The third kappa shape index (κ3) is 3.11. The van der Waals surface area contributed by atoms with Gasteiger partial charge in [0.05, 0.1) is 6.10 Å². The van der Waals surface area contributed by atoms with Crippen molar-refractivity contribution in [3.8, 4) is 0 Å². The van der Waals surface area contributed by atoms with E-state index in [1.54, 1.807) is 0 Å². The molecular weight excluding hydrogens is 190 g/mol. The molecule has 7 N–H and O–H groups in total. The maximum absolute atomic E-state index is 9.35. The minimum Gasteiger partial charge on any atom is -0.398 e. The molecule has 0 radical (unpaired) electrons. The van der Waals surface area contributed by atoms with Gasteiger partial charge in [-0.1, -0.05) is 0 Å². The molecule has 4 nitrogen and oxygen atoms in total. The first kappa shape index (κ1) is 11.8. The second-order valence-electron chi connectivity index (χ2n) is 3.85. The summed E-state index contributed by atoms with van der Waals surface area (Å²) in [6, 6.07) is 3.78. The lowest BCUT2D eigenvalue weighted by molar-refractivity contribution is 0.173. The predicted octanol–water partition coefficient (Wildman–Crippen LogP) is 0.412. The average molecular weight is 209 g/mol. The van der Waals surface area contributed by atoms with Gasteiger partial charge in [-0.15, -0.1) is 0 Å². The van der Waals surface area contributed by atoms with Crippen LogP contribution in [0.4, 0.5) is 11.4 Å². The highest BCUT2D eigenvalue weighted by molar-refractivity contribution is 5.63. The van der Waals surface area contributed by atoms with Crippen LogP contribution in [0.5, 0.6) is 0 Å². The fraction of sp³-hybridized carbons (Fsp3) is 0.455. The van der Waals surface area contributed by atoms with Crippen LogP contribution in [0.2, 0.25) is 0 Å². The average Bonchev–Trinajstić information content (AvgIpc) is 2.15. The summed E-state index contributed by atoms with van der Waals surface area (Å²) in [5.41, 5.74) is 20.4. The molecule has 0 spiro atoms. The molecule has 4 heteroatoms. The van der Waals surface area contributed by atoms with Gasteiger partial charge in [0, 0.05) is 17.9 Å². The smallest absolute Gasteiger partial charge is 0.0665 e. The van der Waals surface area contributed by atoms with E-state index in [4.69, 9.17) is 17.2 Å². The molecule has 0 saturated heterocycles. The molecule has 1 aromatic carbocycles. The standard InChI is InChI=1S/C11H19N3O/c1-7-4-10(13)9(11(14)5-7)3-2-8(15)6-12/h4-5,8,15H,2-3,6,12-14H2,1H3. The lowest BCUT2D eigenvalue weighted by atomic mass is 10.0. The van der Waals surface area contributed by atoms with Crippen LogP contribution in [-0.4, -0.2) is 17.8 Å². The fourth-order valence-corrected chi connectivity index (χ4v) is 1.59. The maximum atomic E-state index is 9.35. The van der Waals surface area contributed by atoms with E-state index in [1.807, 2.05) is 19.1 Å². The van der Waals surface area contributed by atoms with Gasteiger partial charge in [-0.25, -0.2) is 0 Å². The summed E-state index contributed by atoms with van der Waals surface area (Å²) in [6.45, 7) is 2.22. The largest absolute Gasteiger partial charge is 0.398 e. The van der Waals surface area contributed by atoms with Crippen molar-refractivity contribution in [1.29, 1.82) is 0 Å². The number of rotatable bonds is 4. The Balaban J connectivity index is 2.77. The second kappa shape index (κ2) is 5.00. The number of aliphatic hydroxyl groups is 1. The number of benzene rings is 1. The Morgan fingerprint density at radius 3 is 2.27 bits per heavy atom. The Kier molecular flexibility index (Phi) is 3.94. The Morgan fingerprint density at radius 2 is 1.80 bits per heavy atom. The Labute approximate surface area is 90.1 Å². The highest BCUT2D eigenvalue weighted by Gasteiger charge is 2.08. The zero-order valence-corrected chi connectivity index (χ0v) is 9.03. The molecule has 84 valence electrons. The maximum Gasteiger partial charge on any atom is 0.0665 e. The van der Waals surface area contributed by atoms with E-state index >= 15 is 0 Å². The normalized spacial score (nSPS) is 12.7.